The SMILES string of the molecule is COC(=O)C1(C(F)(F)F)CCOC1. The summed E-state index contributed by atoms with van der Waals surface area (Å²) in [6.07, 6.45) is -4.96. The summed E-state index contributed by atoms with van der Waals surface area (Å²) in [5.41, 5.74) is -2.44. The number of hydrogen-bond donors (Lipinski definition) is 0. The maximum absolute atomic E-state index is 12.5. The quantitative estimate of drug-likeness (QED) is 0.592. The van der Waals surface area contributed by atoms with Crippen LogP contribution in [0, 0.1) is 5.41 Å². The lowest BCUT2D eigenvalue weighted by atomic mass is 9.87. The molecule has 1 rings (SSSR count). The average molecular weight is 198 g/mol. The Hall–Kier alpha value is -0.780. The lowest BCUT2D eigenvalue weighted by molar-refractivity contribution is -0.232. The van der Waals surface area contributed by atoms with E-state index in [1.807, 2.05) is 0 Å². The highest BCUT2D eigenvalue weighted by atomic mass is 19.4. The average Bonchev–Trinajstić information content (AvgIpc) is 2.50. The highest BCUT2D eigenvalue weighted by Gasteiger charge is 2.63. The molecule has 0 aromatic heterocycles. The second kappa shape index (κ2) is 3.17. The third kappa shape index (κ3) is 1.50. The molecule has 1 fully saturated rings. The van der Waals surface area contributed by atoms with E-state index < -0.39 is 24.2 Å². The molecule has 0 aromatic rings. The van der Waals surface area contributed by atoms with Gasteiger partial charge in [-0.25, -0.2) is 0 Å². The van der Waals surface area contributed by atoms with E-state index in [0.717, 1.165) is 7.11 Å². The van der Waals surface area contributed by atoms with Gasteiger partial charge in [0.15, 0.2) is 5.41 Å². The monoisotopic (exact) mass is 198 g/mol. The van der Waals surface area contributed by atoms with Crippen LogP contribution in [0.25, 0.3) is 0 Å². The summed E-state index contributed by atoms with van der Waals surface area (Å²) < 4.78 is 46.1. The number of esters is 1. The van der Waals surface area contributed by atoms with Gasteiger partial charge in [-0.3, -0.25) is 4.79 Å². The van der Waals surface area contributed by atoms with E-state index in [4.69, 9.17) is 0 Å². The van der Waals surface area contributed by atoms with Crippen molar-refractivity contribution < 1.29 is 27.4 Å². The number of carbonyl (C=O) groups excluding carboxylic acids is 1. The van der Waals surface area contributed by atoms with Crippen LogP contribution in [0.3, 0.4) is 0 Å². The smallest absolute Gasteiger partial charge is 0.407 e. The van der Waals surface area contributed by atoms with Crippen molar-refractivity contribution in [2.45, 2.75) is 12.6 Å². The van der Waals surface area contributed by atoms with Gasteiger partial charge in [-0.15, -0.1) is 0 Å². The number of alkyl halides is 3. The summed E-state index contributed by atoms with van der Waals surface area (Å²) in [6.45, 7) is -0.697. The highest BCUT2D eigenvalue weighted by Crippen LogP contribution is 2.45. The van der Waals surface area contributed by atoms with Crippen molar-refractivity contribution in [2.75, 3.05) is 20.3 Å². The van der Waals surface area contributed by atoms with E-state index >= 15 is 0 Å². The number of ether oxygens (including phenoxy) is 2. The molecule has 0 bridgehead atoms. The molecule has 6 heteroatoms. The molecule has 1 aliphatic rings. The fourth-order valence-corrected chi connectivity index (χ4v) is 1.26. The maximum atomic E-state index is 12.5. The zero-order chi connectivity index (χ0) is 10.1. The summed E-state index contributed by atoms with van der Waals surface area (Å²) in [4.78, 5) is 11.0. The minimum atomic E-state index is -4.60. The van der Waals surface area contributed by atoms with Crippen LogP contribution in [0.15, 0.2) is 0 Å². The van der Waals surface area contributed by atoms with Gasteiger partial charge >= 0.3 is 12.1 Å². The van der Waals surface area contributed by atoms with Crippen LogP contribution in [-0.4, -0.2) is 32.5 Å². The zero-order valence-electron chi connectivity index (χ0n) is 6.98. The van der Waals surface area contributed by atoms with Crippen LogP contribution in [0.1, 0.15) is 6.42 Å². The highest BCUT2D eigenvalue weighted by molar-refractivity contribution is 5.78. The van der Waals surface area contributed by atoms with Gasteiger partial charge in [0.1, 0.15) is 0 Å². The summed E-state index contributed by atoms with van der Waals surface area (Å²) in [6, 6.07) is 0. The van der Waals surface area contributed by atoms with Crippen molar-refractivity contribution in [3.8, 4) is 0 Å². The largest absolute Gasteiger partial charge is 0.468 e. The minimum Gasteiger partial charge on any atom is -0.468 e. The number of carbonyl (C=O) groups is 1. The summed E-state index contributed by atoms with van der Waals surface area (Å²) in [5.74, 6) is -1.27. The van der Waals surface area contributed by atoms with Gasteiger partial charge in [-0.1, -0.05) is 0 Å². The fourth-order valence-electron chi connectivity index (χ4n) is 1.26. The Bertz CT molecular complexity index is 206. The van der Waals surface area contributed by atoms with Crippen molar-refractivity contribution in [3.63, 3.8) is 0 Å². The molecular formula is C7H9F3O3. The van der Waals surface area contributed by atoms with E-state index in [1.54, 1.807) is 0 Å². The van der Waals surface area contributed by atoms with Gasteiger partial charge in [-0.2, -0.15) is 13.2 Å². The Morgan fingerprint density at radius 2 is 2.15 bits per heavy atom. The van der Waals surface area contributed by atoms with Crippen LogP contribution in [0.2, 0.25) is 0 Å². The van der Waals surface area contributed by atoms with E-state index in [-0.39, 0.29) is 13.0 Å². The Kier molecular flexibility index (Phi) is 2.51. The minimum absolute atomic E-state index is 0.0609. The Morgan fingerprint density at radius 1 is 1.54 bits per heavy atom. The molecule has 0 amide bonds. The third-order valence-electron chi connectivity index (χ3n) is 2.14. The fraction of sp³-hybridized carbons (Fsp3) is 0.857. The first kappa shape index (κ1) is 10.3. The van der Waals surface area contributed by atoms with Crippen molar-refractivity contribution in [1.82, 2.24) is 0 Å². The van der Waals surface area contributed by atoms with Crippen LogP contribution < -0.4 is 0 Å². The molecule has 0 aliphatic carbocycles. The standard InChI is InChI=1S/C7H9F3O3/c1-12-5(11)6(7(8,9)10)2-3-13-4-6/h2-4H2,1H3. The van der Waals surface area contributed by atoms with Crippen molar-refractivity contribution in [1.29, 1.82) is 0 Å². The Morgan fingerprint density at radius 3 is 2.46 bits per heavy atom. The van der Waals surface area contributed by atoms with Crippen LogP contribution in [0.5, 0.6) is 0 Å². The molecule has 1 heterocycles. The molecule has 1 aliphatic heterocycles. The predicted octanol–water partition coefficient (Wildman–Crippen LogP) is 1.13. The van der Waals surface area contributed by atoms with E-state index in [0.29, 0.717) is 0 Å². The van der Waals surface area contributed by atoms with Crippen LogP contribution in [0.4, 0.5) is 13.2 Å². The molecule has 3 nitrogen and oxygen atoms in total. The second-order valence-corrected chi connectivity index (χ2v) is 2.87. The van der Waals surface area contributed by atoms with E-state index in [1.165, 1.54) is 0 Å². The van der Waals surface area contributed by atoms with Gasteiger partial charge in [0.05, 0.1) is 13.7 Å². The van der Waals surface area contributed by atoms with Crippen LogP contribution >= 0.6 is 0 Å². The normalized spacial score (nSPS) is 28.9. The lowest BCUT2D eigenvalue weighted by Crippen LogP contribution is -2.46. The van der Waals surface area contributed by atoms with Gasteiger partial charge in [0, 0.05) is 6.61 Å². The first-order valence-corrected chi connectivity index (χ1v) is 3.67. The van der Waals surface area contributed by atoms with Crippen LogP contribution in [-0.2, 0) is 14.3 Å². The first-order valence-electron chi connectivity index (χ1n) is 3.67. The molecule has 0 saturated carbocycles. The molecule has 0 radical (unpaired) electrons. The van der Waals surface area contributed by atoms with Crippen molar-refractivity contribution in [2.24, 2.45) is 5.41 Å². The van der Waals surface area contributed by atoms with E-state index in [9.17, 15) is 18.0 Å². The summed E-state index contributed by atoms with van der Waals surface area (Å²) in [5, 5.41) is 0. The lowest BCUT2D eigenvalue weighted by Gasteiger charge is -2.26. The van der Waals surface area contributed by atoms with Gasteiger partial charge in [0.2, 0.25) is 0 Å². The maximum Gasteiger partial charge on any atom is 0.407 e. The molecular weight excluding hydrogens is 189 g/mol. The molecule has 0 aromatic carbocycles. The van der Waals surface area contributed by atoms with Crippen molar-refractivity contribution in [3.05, 3.63) is 0 Å². The first-order chi connectivity index (χ1) is 5.94. The molecule has 13 heavy (non-hydrogen) atoms. The van der Waals surface area contributed by atoms with E-state index in [2.05, 4.69) is 9.47 Å². The summed E-state index contributed by atoms with van der Waals surface area (Å²) >= 11 is 0. The number of hydrogen-bond acceptors (Lipinski definition) is 3. The topological polar surface area (TPSA) is 35.5 Å². The predicted molar refractivity (Wildman–Crippen MR) is 35.9 cm³/mol. The van der Waals surface area contributed by atoms with Gasteiger partial charge in [-0.05, 0) is 6.42 Å². The number of rotatable bonds is 1. The van der Waals surface area contributed by atoms with Gasteiger partial charge in [0.25, 0.3) is 0 Å². The summed E-state index contributed by atoms with van der Waals surface area (Å²) in [7, 11) is 0.939. The third-order valence-corrected chi connectivity index (χ3v) is 2.14. The second-order valence-electron chi connectivity index (χ2n) is 2.87. The zero-order valence-corrected chi connectivity index (χ0v) is 6.98. The number of methoxy groups -OCH3 is 1. The molecule has 0 spiro atoms. The molecule has 1 atom stereocenters. The van der Waals surface area contributed by atoms with Gasteiger partial charge < -0.3 is 9.47 Å². The van der Waals surface area contributed by atoms with Crippen molar-refractivity contribution >= 4 is 5.97 Å². The molecule has 76 valence electrons. The Labute approximate surface area is 72.8 Å². The molecule has 1 unspecified atom stereocenters. The molecule has 0 N–H and O–H groups in total. The Balaban J connectivity index is 2.94. The number of halogens is 3. The molecule has 1 saturated heterocycles.